The zero-order valence-electron chi connectivity index (χ0n) is 12.1. The fraction of sp³-hybridized carbons (Fsp3) is 0.0588. The van der Waals surface area contributed by atoms with Crippen LogP contribution in [0.25, 0.3) is 0 Å². The van der Waals surface area contributed by atoms with E-state index in [2.05, 4.69) is 21.2 Å². The Kier molecular flexibility index (Phi) is 4.24. The Morgan fingerprint density at radius 2 is 1.57 bits per heavy atom. The smallest absolute Gasteiger partial charge is 0.283 e. The molecule has 0 spiro atoms. The summed E-state index contributed by atoms with van der Waals surface area (Å²) in [5.74, 6) is -1.00. The van der Waals surface area contributed by atoms with Crippen molar-refractivity contribution in [3.8, 4) is 0 Å². The number of hydrogen-bond acceptors (Lipinski definition) is 3. The molecular weight excluding hydrogens is 380 g/mol. The number of rotatable bonds is 3. The van der Waals surface area contributed by atoms with E-state index in [9.17, 15) is 9.59 Å². The Hall–Kier alpha value is -2.11. The zero-order chi connectivity index (χ0) is 16.6. The Morgan fingerprint density at radius 1 is 0.957 bits per heavy atom. The number of imide groups is 1. The molecule has 2 amide bonds. The van der Waals surface area contributed by atoms with Gasteiger partial charge in [-0.3, -0.25) is 9.59 Å². The first-order chi connectivity index (χ1) is 11.0. The van der Waals surface area contributed by atoms with Gasteiger partial charge in [0, 0.05) is 10.2 Å². The molecule has 0 saturated heterocycles. The second-order valence-electron chi connectivity index (χ2n) is 5.10. The third-order valence-electron chi connectivity index (χ3n) is 3.43. The predicted molar refractivity (Wildman–Crippen MR) is 94.3 cm³/mol. The Balaban J connectivity index is 1.90. The molecule has 116 valence electrons. The molecule has 1 heterocycles. The van der Waals surface area contributed by atoms with E-state index in [0.29, 0.717) is 11.4 Å². The second kappa shape index (κ2) is 6.18. The van der Waals surface area contributed by atoms with Gasteiger partial charge in [0.25, 0.3) is 11.8 Å². The highest BCUT2D eigenvalue weighted by atomic mass is 79.9. The van der Waals surface area contributed by atoms with Crippen LogP contribution in [0.15, 0.2) is 63.7 Å². The highest BCUT2D eigenvalue weighted by molar-refractivity contribution is 9.10. The Labute approximate surface area is 146 Å². The fourth-order valence-corrected chi connectivity index (χ4v) is 2.69. The molecule has 0 aromatic heterocycles. The monoisotopic (exact) mass is 390 g/mol. The SMILES string of the molecule is Cc1ccc(NC2=C(Cl)C(=O)N(c3ccc(Br)cc3)C2=O)cc1. The molecule has 0 saturated carbocycles. The number of hydrogen-bond donors (Lipinski definition) is 1. The first-order valence-electron chi connectivity index (χ1n) is 6.85. The van der Waals surface area contributed by atoms with Crippen LogP contribution in [-0.2, 0) is 9.59 Å². The zero-order valence-corrected chi connectivity index (χ0v) is 14.5. The van der Waals surface area contributed by atoms with E-state index in [4.69, 9.17) is 11.6 Å². The summed E-state index contributed by atoms with van der Waals surface area (Å²) in [6.45, 7) is 1.97. The van der Waals surface area contributed by atoms with Gasteiger partial charge in [-0.1, -0.05) is 45.2 Å². The first kappa shape index (κ1) is 15.8. The van der Waals surface area contributed by atoms with Crippen LogP contribution in [0.5, 0.6) is 0 Å². The van der Waals surface area contributed by atoms with Crippen molar-refractivity contribution in [3.63, 3.8) is 0 Å². The number of anilines is 2. The van der Waals surface area contributed by atoms with Gasteiger partial charge in [-0.05, 0) is 43.3 Å². The van der Waals surface area contributed by atoms with E-state index >= 15 is 0 Å². The highest BCUT2D eigenvalue weighted by Crippen LogP contribution is 2.30. The Bertz CT molecular complexity index is 813. The summed E-state index contributed by atoms with van der Waals surface area (Å²) >= 11 is 9.40. The standard InChI is InChI=1S/C17H12BrClN2O2/c1-10-2-6-12(7-3-10)20-15-14(19)16(22)21(17(15)23)13-8-4-11(18)5-9-13/h2-9,20H,1H3. The molecule has 2 aromatic rings. The van der Waals surface area contributed by atoms with Crippen LogP contribution in [0.3, 0.4) is 0 Å². The normalized spacial score (nSPS) is 14.7. The molecule has 3 rings (SSSR count). The quantitative estimate of drug-likeness (QED) is 0.798. The lowest BCUT2D eigenvalue weighted by atomic mass is 10.2. The minimum atomic E-state index is -0.534. The summed E-state index contributed by atoms with van der Waals surface area (Å²) in [4.78, 5) is 26.0. The van der Waals surface area contributed by atoms with E-state index in [1.54, 1.807) is 24.3 Å². The molecule has 0 radical (unpaired) electrons. The van der Waals surface area contributed by atoms with Gasteiger partial charge in [-0.15, -0.1) is 0 Å². The molecular formula is C17H12BrClN2O2. The predicted octanol–water partition coefficient (Wildman–Crippen LogP) is 4.19. The summed E-state index contributed by atoms with van der Waals surface area (Å²) in [7, 11) is 0. The second-order valence-corrected chi connectivity index (χ2v) is 6.40. The van der Waals surface area contributed by atoms with Gasteiger partial charge >= 0.3 is 0 Å². The van der Waals surface area contributed by atoms with Crippen molar-refractivity contribution in [1.82, 2.24) is 0 Å². The van der Waals surface area contributed by atoms with Crippen LogP contribution in [0, 0.1) is 6.92 Å². The van der Waals surface area contributed by atoms with Crippen molar-refractivity contribution in [2.45, 2.75) is 6.92 Å². The maximum absolute atomic E-state index is 12.6. The number of amides is 2. The van der Waals surface area contributed by atoms with E-state index < -0.39 is 11.8 Å². The Morgan fingerprint density at radius 3 is 2.17 bits per heavy atom. The van der Waals surface area contributed by atoms with Gasteiger partial charge < -0.3 is 5.32 Å². The van der Waals surface area contributed by atoms with Gasteiger partial charge in [0.05, 0.1) is 5.69 Å². The van der Waals surface area contributed by atoms with E-state index in [1.165, 1.54) is 0 Å². The lowest BCUT2D eigenvalue weighted by Gasteiger charge is -2.15. The molecule has 1 aliphatic rings. The lowest BCUT2D eigenvalue weighted by Crippen LogP contribution is -2.32. The van der Waals surface area contributed by atoms with Crippen molar-refractivity contribution >= 4 is 50.7 Å². The van der Waals surface area contributed by atoms with Crippen molar-refractivity contribution in [2.75, 3.05) is 10.2 Å². The molecule has 23 heavy (non-hydrogen) atoms. The number of aryl methyl sites for hydroxylation is 1. The maximum atomic E-state index is 12.6. The van der Waals surface area contributed by atoms with Crippen LogP contribution >= 0.6 is 27.5 Å². The molecule has 1 aliphatic heterocycles. The summed E-state index contributed by atoms with van der Waals surface area (Å²) in [6, 6.07) is 14.3. The number of nitrogens with one attached hydrogen (secondary N) is 1. The van der Waals surface area contributed by atoms with Crippen molar-refractivity contribution in [3.05, 3.63) is 69.3 Å². The van der Waals surface area contributed by atoms with Crippen LogP contribution in [-0.4, -0.2) is 11.8 Å². The largest absolute Gasteiger partial charge is 0.350 e. The number of benzene rings is 2. The van der Waals surface area contributed by atoms with E-state index in [1.807, 2.05) is 31.2 Å². The van der Waals surface area contributed by atoms with Gasteiger partial charge in [-0.25, -0.2) is 4.90 Å². The summed E-state index contributed by atoms with van der Waals surface area (Å²) in [5, 5.41) is 2.82. The number of nitrogens with zero attached hydrogens (tertiary/aromatic N) is 1. The number of halogens is 2. The third kappa shape index (κ3) is 3.02. The molecule has 0 aliphatic carbocycles. The van der Waals surface area contributed by atoms with Crippen molar-refractivity contribution in [1.29, 1.82) is 0 Å². The van der Waals surface area contributed by atoms with E-state index in [-0.39, 0.29) is 10.7 Å². The van der Waals surface area contributed by atoms with E-state index in [0.717, 1.165) is 14.9 Å². The molecule has 2 aromatic carbocycles. The average Bonchev–Trinajstić information content (AvgIpc) is 2.74. The minimum absolute atomic E-state index is 0.0865. The number of carbonyl (C=O) groups excluding carboxylic acids is 2. The molecule has 0 bridgehead atoms. The maximum Gasteiger partial charge on any atom is 0.283 e. The summed E-state index contributed by atoms with van der Waals surface area (Å²) in [6.07, 6.45) is 0. The first-order valence-corrected chi connectivity index (χ1v) is 8.02. The fourth-order valence-electron chi connectivity index (χ4n) is 2.22. The van der Waals surface area contributed by atoms with Crippen LogP contribution in [0.2, 0.25) is 0 Å². The summed E-state index contributed by atoms with van der Waals surface area (Å²) in [5.41, 5.74) is 2.36. The van der Waals surface area contributed by atoms with Crippen LogP contribution in [0.1, 0.15) is 5.56 Å². The van der Waals surface area contributed by atoms with Gasteiger partial charge in [0.1, 0.15) is 10.7 Å². The van der Waals surface area contributed by atoms with Crippen LogP contribution in [0.4, 0.5) is 11.4 Å². The molecule has 6 heteroatoms. The summed E-state index contributed by atoms with van der Waals surface area (Å²) < 4.78 is 0.859. The molecule has 1 N–H and O–H groups in total. The average molecular weight is 392 g/mol. The molecule has 0 unspecified atom stereocenters. The van der Waals surface area contributed by atoms with Gasteiger partial charge in [0.15, 0.2) is 0 Å². The van der Waals surface area contributed by atoms with Gasteiger partial charge in [-0.2, -0.15) is 0 Å². The highest BCUT2D eigenvalue weighted by Gasteiger charge is 2.38. The molecule has 0 atom stereocenters. The van der Waals surface area contributed by atoms with Crippen molar-refractivity contribution in [2.24, 2.45) is 0 Å². The number of carbonyl (C=O) groups is 2. The topological polar surface area (TPSA) is 49.4 Å². The lowest BCUT2D eigenvalue weighted by molar-refractivity contribution is -0.120. The molecule has 0 fully saturated rings. The third-order valence-corrected chi connectivity index (χ3v) is 4.31. The minimum Gasteiger partial charge on any atom is -0.350 e. The van der Waals surface area contributed by atoms with Crippen LogP contribution < -0.4 is 10.2 Å². The van der Waals surface area contributed by atoms with Crippen molar-refractivity contribution < 1.29 is 9.59 Å². The molecule has 4 nitrogen and oxygen atoms in total. The van der Waals surface area contributed by atoms with Gasteiger partial charge in [0.2, 0.25) is 0 Å².